The van der Waals surface area contributed by atoms with Crippen LogP contribution in [0.4, 0.5) is 14.6 Å². The van der Waals surface area contributed by atoms with Crippen LogP contribution in [-0.4, -0.2) is 16.1 Å². The van der Waals surface area contributed by atoms with Crippen molar-refractivity contribution in [3.05, 3.63) is 59.3 Å². The molecule has 6 heteroatoms. The van der Waals surface area contributed by atoms with Crippen molar-refractivity contribution >= 4 is 11.8 Å². The van der Waals surface area contributed by atoms with Gasteiger partial charge in [-0.3, -0.25) is 0 Å². The van der Waals surface area contributed by atoms with Crippen LogP contribution in [0.15, 0.2) is 36.5 Å². The summed E-state index contributed by atoms with van der Waals surface area (Å²) >= 11 is 0. The largest absolute Gasteiger partial charge is 0.478 e. The summed E-state index contributed by atoms with van der Waals surface area (Å²) in [4.78, 5) is 14.6. The molecule has 1 aromatic heterocycles. The zero-order valence-corrected chi connectivity index (χ0v) is 9.73. The maximum absolute atomic E-state index is 13.4. The van der Waals surface area contributed by atoms with Crippen molar-refractivity contribution in [2.24, 2.45) is 0 Å². The van der Waals surface area contributed by atoms with Gasteiger partial charge in [0, 0.05) is 12.1 Å². The van der Waals surface area contributed by atoms with E-state index >= 15 is 0 Å². The van der Waals surface area contributed by atoms with Gasteiger partial charge in [0.05, 0.1) is 6.20 Å². The van der Waals surface area contributed by atoms with Crippen molar-refractivity contribution in [1.29, 1.82) is 0 Å². The summed E-state index contributed by atoms with van der Waals surface area (Å²) in [5, 5.41) is 11.6. The Bertz CT molecular complexity index is 617. The lowest BCUT2D eigenvalue weighted by Gasteiger charge is -2.09. The van der Waals surface area contributed by atoms with E-state index in [4.69, 9.17) is 5.11 Å². The van der Waals surface area contributed by atoms with Crippen molar-refractivity contribution < 1.29 is 18.7 Å². The zero-order valence-electron chi connectivity index (χ0n) is 9.73. The predicted octanol–water partition coefficient (Wildman–Crippen LogP) is 2.67. The molecule has 0 bridgehead atoms. The van der Waals surface area contributed by atoms with Gasteiger partial charge in [0.2, 0.25) is 0 Å². The van der Waals surface area contributed by atoms with E-state index in [1.807, 2.05) is 0 Å². The number of benzene rings is 1. The monoisotopic (exact) mass is 264 g/mol. The highest BCUT2D eigenvalue weighted by molar-refractivity contribution is 5.93. The number of pyridine rings is 1. The van der Waals surface area contributed by atoms with Crippen LogP contribution < -0.4 is 5.32 Å². The second kappa shape index (κ2) is 5.43. The van der Waals surface area contributed by atoms with Crippen LogP contribution in [0.3, 0.4) is 0 Å². The van der Waals surface area contributed by atoms with Gasteiger partial charge in [-0.2, -0.15) is 0 Å². The fraction of sp³-hybridized carbons (Fsp3) is 0.0769. The van der Waals surface area contributed by atoms with Crippen molar-refractivity contribution in [3.63, 3.8) is 0 Å². The maximum Gasteiger partial charge on any atom is 0.339 e. The highest BCUT2D eigenvalue weighted by Gasteiger charge is 2.13. The van der Waals surface area contributed by atoms with Crippen LogP contribution in [0.25, 0.3) is 0 Å². The standard InChI is InChI=1S/C13H10F2N2O2/c14-9-5-10(13(18)19)12(17-7-9)16-6-8-3-1-2-4-11(8)15/h1-5,7H,6H2,(H,16,17)(H,18,19). The molecule has 98 valence electrons. The lowest BCUT2D eigenvalue weighted by atomic mass is 10.2. The van der Waals surface area contributed by atoms with Crippen LogP contribution in [0.2, 0.25) is 0 Å². The minimum absolute atomic E-state index is 0.00264. The summed E-state index contributed by atoms with van der Waals surface area (Å²) in [5.74, 6) is -2.46. The van der Waals surface area contributed by atoms with E-state index in [0.29, 0.717) is 5.56 Å². The summed E-state index contributed by atoms with van der Waals surface area (Å²) in [6, 6.07) is 6.94. The highest BCUT2D eigenvalue weighted by Crippen LogP contribution is 2.15. The molecular formula is C13H10F2N2O2. The van der Waals surface area contributed by atoms with E-state index in [1.54, 1.807) is 18.2 Å². The smallest absolute Gasteiger partial charge is 0.339 e. The van der Waals surface area contributed by atoms with E-state index in [0.717, 1.165) is 12.3 Å². The first-order valence-corrected chi connectivity index (χ1v) is 5.44. The average molecular weight is 264 g/mol. The number of nitrogens with zero attached hydrogens (tertiary/aromatic N) is 1. The Morgan fingerprint density at radius 1 is 1.32 bits per heavy atom. The first-order valence-electron chi connectivity index (χ1n) is 5.44. The molecule has 0 saturated heterocycles. The second-order valence-electron chi connectivity index (χ2n) is 3.80. The second-order valence-corrected chi connectivity index (χ2v) is 3.80. The molecule has 2 rings (SSSR count). The van der Waals surface area contributed by atoms with Crippen LogP contribution in [0.5, 0.6) is 0 Å². The zero-order chi connectivity index (χ0) is 13.8. The van der Waals surface area contributed by atoms with E-state index < -0.39 is 17.6 Å². The Hall–Kier alpha value is -2.50. The molecule has 0 saturated carbocycles. The Kier molecular flexibility index (Phi) is 3.70. The lowest BCUT2D eigenvalue weighted by Crippen LogP contribution is -2.09. The Morgan fingerprint density at radius 2 is 2.05 bits per heavy atom. The van der Waals surface area contributed by atoms with E-state index in [9.17, 15) is 13.6 Å². The number of aromatic nitrogens is 1. The molecule has 0 atom stereocenters. The third-order valence-electron chi connectivity index (χ3n) is 2.49. The van der Waals surface area contributed by atoms with Gasteiger partial charge in [-0.1, -0.05) is 18.2 Å². The van der Waals surface area contributed by atoms with E-state index in [-0.39, 0.29) is 17.9 Å². The number of carbonyl (C=O) groups is 1. The molecule has 0 aliphatic carbocycles. The Labute approximate surface area is 107 Å². The molecule has 1 heterocycles. The third kappa shape index (κ3) is 3.04. The van der Waals surface area contributed by atoms with Gasteiger partial charge in [-0.15, -0.1) is 0 Å². The maximum atomic E-state index is 13.4. The number of aromatic carboxylic acids is 1. The Morgan fingerprint density at radius 3 is 2.74 bits per heavy atom. The van der Waals surface area contributed by atoms with Gasteiger partial charge in [0.1, 0.15) is 23.0 Å². The van der Waals surface area contributed by atoms with Crippen LogP contribution >= 0.6 is 0 Å². The molecule has 0 spiro atoms. The fourth-order valence-electron chi connectivity index (χ4n) is 1.56. The van der Waals surface area contributed by atoms with Crippen LogP contribution in [0, 0.1) is 11.6 Å². The summed E-state index contributed by atoms with van der Waals surface area (Å²) in [7, 11) is 0. The first-order chi connectivity index (χ1) is 9.08. The molecule has 0 aliphatic rings. The number of hydrogen-bond acceptors (Lipinski definition) is 3. The highest BCUT2D eigenvalue weighted by atomic mass is 19.1. The summed E-state index contributed by atoms with van der Waals surface area (Å²) in [6.45, 7) is 0.0611. The van der Waals surface area contributed by atoms with Gasteiger partial charge in [0.25, 0.3) is 0 Å². The summed E-state index contributed by atoms with van der Waals surface area (Å²) in [6.07, 6.45) is 0.899. The van der Waals surface area contributed by atoms with Gasteiger partial charge < -0.3 is 10.4 Å². The van der Waals surface area contributed by atoms with Gasteiger partial charge in [-0.25, -0.2) is 18.6 Å². The third-order valence-corrected chi connectivity index (χ3v) is 2.49. The molecule has 2 N–H and O–H groups in total. The normalized spacial score (nSPS) is 10.2. The minimum Gasteiger partial charge on any atom is -0.478 e. The number of carboxylic acid groups (broad SMARTS) is 1. The molecule has 0 unspecified atom stereocenters. The Balaban J connectivity index is 2.20. The number of carboxylic acids is 1. The SMILES string of the molecule is O=C(O)c1cc(F)cnc1NCc1ccccc1F. The summed E-state index contributed by atoms with van der Waals surface area (Å²) < 4.78 is 26.3. The predicted molar refractivity (Wildman–Crippen MR) is 64.9 cm³/mol. The van der Waals surface area contributed by atoms with Crippen LogP contribution in [-0.2, 0) is 6.54 Å². The van der Waals surface area contributed by atoms with Gasteiger partial charge in [-0.05, 0) is 12.1 Å². The molecule has 0 fully saturated rings. The molecular weight excluding hydrogens is 254 g/mol. The van der Waals surface area contributed by atoms with Crippen molar-refractivity contribution in [2.75, 3.05) is 5.32 Å². The number of anilines is 1. The number of hydrogen-bond donors (Lipinski definition) is 2. The topological polar surface area (TPSA) is 62.2 Å². The van der Waals surface area contributed by atoms with Gasteiger partial charge in [0.15, 0.2) is 0 Å². The van der Waals surface area contributed by atoms with Crippen LogP contribution in [0.1, 0.15) is 15.9 Å². The van der Waals surface area contributed by atoms with E-state index in [2.05, 4.69) is 10.3 Å². The average Bonchev–Trinajstić information content (AvgIpc) is 2.38. The van der Waals surface area contributed by atoms with E-state index in [1.165, 1.54) is 6.07 Å². The molecule has 1 aromatic carbocycles. The lowest BCUT2D eigenvalue weighted by molar-refractivity contribution is 0.0697. The number of rotatable bonds is 4. The quantitative estimate of drug-likeness (QED) is 0.891. The molecule has 0 radical (unpaired) electrons. The number of halogens is 2. The number of nitrogens with one attached hydrogen (secondary N) is 1. The van der Waals surface area contributed by atoms with Crippen molar-refractivity contribution in [1.82, 2.24) is 4.98 Å². The van der Waals surface area contributed by atoms with Crippen molar-refractivity contribution in [2.45, 2.75) is 6.54 Å². The fourth-order valence-corrected chi connectivity index (χ4v) is 1.56. The summed E-state index contributed by atoms with van der Waals surface area (Å²) in [5.41, 5.74) is 0.0707. The minimum atomic E-state index is -1.30. The molecule has 2 aromatic rings. The van der Waals surface area contributed by atoms with Gasteiger partial charge >= 0.3 is 5.97 Å². The first kappa shape index (κ1) is 12.9. The van der Waals surface area contributed by atoms with Crippen molar-refractivity contribution in [3.8, 4) is 0 Å². The molecule has 0 amide bonds. The molecule has 0 aliphatic heterocycles. The molecule has 19 heavy (non-hydrogen) atoms. The molecule has 4 nitrogen and oxygen atoms in total.